The average molecular weight is 414 g/mol. The lowest BCUT2D eigenvalue weighted by atomic mass is 9.99. The second kappa shape index (κ2) is 8.75. The molecule has 31 heavy (non-hydrogen) atoms. The minimum absolute atomic E-state index is 0.278. The zero-order chi connectivity index (χ0) is 21.0. The van der Waals surface area contributed by atoms with E-state index >= 15 is 0 Å². The SMILES string of the molecule is Nc1ncc(-c2cccc(-c3c[nH]c4ccccc34)c2)c(NCCCN2CCCN2)n1. The van der Waals surface area contributed by atoms with Crippen LogP contribution in [0.3, 0.4) is 0 Å². The lowest BCUT2D eigenvalue weighted by molar-refractivity contribution is 0.253. The fourth-order valence-corrected chi connectivity index (χ4v) is 4.16. The van der Waals surface area contributed by atoms with Gasteiger partial charge in [-0.15, -0.1) is 0 Å². The Morgan fingerprint density at radius 3 is 2.81 bits per heavy atom. The minimum Gasteiger partial charge on any atom is -0.369 e. The van der Waals surface area contributed by atoms with Gasteiger partial charge < -0.3 is 16.0 Å². The van der Waals surface area contributed by atoms with Gasteiger partial charge in [0, 0.05) is 60.6 Å². The van der Waals surface area contributed by atoms with E-state index in [4.69, 9.17) is 5.73 Å². The third-order valence-electron chi connectivity index (χ3n) is 5.72. The molecule has 7 heteroatoms. The number of aromatic nitrogens is 3. The van der Waals surface area contributed by atoms with Crippen molar-refractivity contribution in [2.24, 2.45) is 0 Å². The van der Waals surface area contributed by atoms with Crippen LogP contribution in [0.25, 0.3) is 33.2 Å². The maximum Gasteiger partial charge on any atom is 0.221 e. The number of hydrogen-bond acceptors (Lipinski definition) is 6. The second-order valence-electron chi connectivity index (χ2n) is 7.85. The van der Waals surface area contributed by atoms with Gasteiger partial charge in [0.2, 0.25) is 5.95 Å². The Morgan fingerprint density at radius 2 is 1.94 bits per heavy atom. The number of anilines is 2. The van der Waals surface area contributed by atoms with E-state index in [9.17, 15) is 0 Å². The summed E-state index contributed by atoms with van der Waals surface area (Å²) in [5, 5.41) is 6.96. The Balaban J connectivity index is 1.39. The van der Waals surface area contributed by atoms with Crippen molar-refractivity contribution in [3.05, 3.63) is 60.9 Å². The van der Waals surface area contributed by atoms with Crippen LogP contribution in [0.4, 0.5) is 11.8 Å². The Bertz CT molecular complexity index is 1180. The lowest BCUT2D eigenvalue weighted by Crippen LogP contribution is -2.32. The molecule has 1 fully saturated rings. The molecule has 4 aromatic rings. The van der Waals surface area contributed by atoms with Gasteiger partial charge in [-0.3, -0.25) is 5.43 Å². The predicted octanol–water partition coefficient (Wildman–Crippen LogP) is 3.89. The molecule has 3 heterocycles. The molecule has 0 bridgehead atoms. The standard InChI is InChI=1S/C24H27N7/c25-24-28-16-21(23(30-24)26-10-4-12-31-13-5-11-29-31)18-7-3-6-17(14-18)20-15-27-22-9-2-1-8-19(20)22/h1-3,6-9,14-16,27,29H,4-5,10-13H2,(H3,25,26,28,30). The zero-order valence-corrected chi connectivity index (χ0v) is 17.4. The summed E-state index contributed by atoms with van der Waals surface area (Å²) in [4.78, 5) is 12.1. The molecule has 1 saturated heterocycles. The van der Waals surface area contributed by atoms with Gasteiger partial charge in [0.1, 0.15) is 5.82 Å². The number of rotatable bonds is 7. The molecule has 0 unspecified atom stereocenters. The van der Waals surface area contributed by atoms with Crippen LogP contribution in [0.15, 0.2) is 60.9 Å². The molecule has 2 aromatic carbocycles. The number of nitrogens with one attached hydrogen (secondary N) is 3. The van der Waals surface area contributed by atoms with E-state index in [-0.39, 0.29) is 5.95 Å². The lowest BCUT2D eigenvalue weighted by Gasteiger charge is -2.16. The molecule has 7 nitrogen and oxygen atoms in total. The third-order valence-corrected chi connectivity index (χ3v) is 5.72. The van der Waals surface area contributed by atoms with Gasteiger partial charge in [0.05, 0.1) is 0 Å². The fraction of sp³-hybridized carbons (Fsp3) is 0.250. The monoisotopic (exact) mass is 413 g/mol. The van der Waals surface area contributed by atoms with Crippen molar-refractivity contribution in [3.8, 4) is 22.3 Å². The number of benzene rings is 2. The summed E-state index contributed by atoms with van der Waals surface area (Å²) in [7, 11) is 0. The van der Waals surface area contributed by atoms with Crippen molar-refractivity contribution in [2.45, 2.75) is 12.8 Å². The molecule has 158 valence electrons. The molecule has 0 amide bonds. The van der Waals surface area contributed by atoms with Gasteiger partial charge in [0.25, 0.3) is 0 Å². The number of hydrazine groups is 1. The number of aromatic amines is 1. The molecular formula is C24H27N7. The molecule has 5 N–H and O–H groups in total. The molecule has 1 aliphatic rings. The topological polar surface area (TPSA) is 94.9 Å². The van der Waals surface area contributed by atoms with Gasteiger partial charge in [-0.2, -0.15) is 4.98 Å². The number of hydrogen-bond donors (Lipinski definition) is 4. The Morgan fingerprint density at radius 1 is 1.06 bits per heavy atom. The molecule has 0 radical (unpaired) electrons. The van der Waals surface area contributed by atoms with Crippen LogP contribution in [0.1, 0.15) is 12.8 Å². The van der Waals surface area contributed by atoms with Gasteiger partial charge in [-0.25, -0.2) is 9.99 Å². The van der Waals surface area contributed by atoms with E-state index in [2.05, 4.69) is 79.4 Å². The van der Waals surface area contributed by atoms with Gasteiger partial charge in [-0.1, -0.05) is 36.4 Å². The van der Waals surface area contributed by atoms with Crippen LogP contribution in [0.2, 0.25) is 0 Å². The highest BCUT2D eigenvalue weighted by atomic mass is 15.5. The van der Waals surface area contributed by atoms with Crippen molar-refractivity contribution >= 4 is 22.7 Å². The quantitative estimate of drug-likeness (QED) is 0.344. The van der Waals surface area contributed by atoms with E-state index in [1.165, 1.54) is 17.4 Å². The first kappa shape index (κ1) is 19.5. The van der Waals surface area contributed by atoms with Crippen LogP contribution in [-0.4, -0.2) is 46.1 Å². The number of nitrogens with zero attached hydrogens (tertiary/aromatic N) is 3. The molecule has 5 rings (SSSR count). The summed E-state index contributed by atoms with van der Waals surface area (Å²) >= 11 is 0. The second-order valence-corrected chi connectivity index (χ2v) is 7.85. The first-order chi connectivity index (χ1) is 15.3. The molecule has 1 aliphatic heterocycles. The number of nitrogen functional groups attached to an aromatic ring is 1. The van der Waals surface area contributed by atoms with Gasteiger partial charge in [-0.05, 0) is 36.1 Å². The Labute approximate surface area is 181 Å². The summed E-state index contributed by atoms with van der Waals surface area (Å²) < 4.78 is 0. The average Bonchev–Trinajstić information content (AvgIpc) is 3.47. The number of H-pyrrole nitrogens is 1. The van der Waals surface area contributed by atoms with Crippen molar-refractivity contribution in [1.82, 2.24) is 25.4 Å². The Kier molecular flexibility index (Phi) is 5.52. The normalized spacial score (nSPS) is 14.3. The molecule has 0 spiro atoms. The smallest absolute Gasteiger partial charge is 0.221 e. The van der Waals surface area contributed by atoms with Crippen LogP contribution in [-0.2, 0) is 0 Å². The fourth-order valence-electron chi connectivity index (χ4n) is 4.16. The van der Waals surface area contributed by atoms with Crippen LogP contribution >= 0.6 is 0 Å². The van der Waals surface area contributed by atoms with Crippen molar-refractivity contribution in [3.63, 3.8) is 0 Å². The van der Waals surface area contributed by atoms with E-state index in [0.29, 0.717) is 0 Å². The summed E-state index contributed by atoms with van der Waals surface area (Å²) in [5.74, 6) is 1.05. The van der Waals surface area contributed by atoms with E-state index < -0.39 is 0 Å². The highest BCUT2D eigenvalue weighted by Gasteiger charge is 2.13. The van der Waals surface area contributed by atoms with Crippen LogP contribution in [0.5, 0.6) is 0 Å². The van der Waals surface area contributed by atoms with E-state index in [0.717, 1.165) is 60.6 Å². The summed E-state index contributed by atoms with van der Waals surface area (Å²) in [6.45, 7) is 4.03. The maximum atomic E-state index is 5.89. The predicted molar refractivity (Wildman–Crippen MR) is 126 cm³/mol. The van der Waals surface area contributed by atoms with Crippen LogP contribution < -0.4 is 16.5 Å². The van der Waals surface area contributed by atoms with Crippen molar-refractivity contribution in [1.29, 1.82) is 0 Å². The van der Waals surface area contributed by atoms with Crippen LogP contribution in [0, 0.1) is 0 Å². The highest BCUT2D eigenvalue weighted by molar-refractivity contribution is 5.96. The first-order valence-electron chi connectivity index (χ1n) is 10.8. The molecule has 2 aromatic heterocycles. The maximum absolute atomic E-state index is 5.89. The molecule has 0 aliphatic carbocycles. The van der Waals surface area contributed by atoms with Crippen molar-refractivity contribution < 1.29 is 0 Å². The first-order valence-corrected chi connectivity index (χ1v) is 10.8. The Hall–Kier alpha value is -3.42. The molecule has 0 saturated carbocycles. The molecular weight excluding hydrogens is 386 g/mol. The summed E-state index contributed by atoms with van der Waals surface area (Å²) in [6, 6.07) is 16.8. The summed E-state index contributed by atoms with van der Waals surface area (Å²) in [5.41, 5.74) is 14.8. The minimum atomic E-state index is 0.278. The highest BCUT2D eigenvalue weighted by Crippen LogP contribution is 2.33. The largest absolute Gasteiger partial charge is 0.369 e. The van der Waals surface area contributed by atoms with E-state index in [1.54, 1.807) is 6.20 Å². The van der Waals surface area contributed by atoms with Gasteiger partial charge in [0.15, 0.2) is 0 Å². The summed E-state index contributed by atoms with van der Waals surface area (Å²) in [6.07, 6.45) is 6.11. The number of fused-ring (bicyclic) bond motifs is 1. The number of para-hydroxylation sites is 1. The zero-order valence-electron chi connectivity index (χ0n) is 17.4. The van der Waals surface area contributed by atoms with Gasteiger partial charge >= 0.3 is 0 Å². The van der Waals surface area contributed by atoms with E-state index in [1.807, 2.05) is 6.07 Å². The third kappa shape index (κ3) is 4.23. The van der Waals surface area contributed by atoms with Crippen molar-refractivity contribution in [2.75, 3.05) is 37.2 Å². The molecule has 0 atom stereocenters. The number of nitrogens with two attached hydrogens (primary N) is 1.